The van der Waals surface area contributed by atoms with Crippen molar-refractivity contribution in [2.75, 3.05) is 6.61 Å². The summed E-state index contributed by atoms with van der Waals surface area (Å²) in [6.45, 7) is 2.26. The summed E-state index contributed by atoms with van der Waals surface area (Å²) < 4.78 is 17.8. The Kier molecular flexibility index (Phi) is 4.24. The Bertz CT molecular complexity index is 321. The van der Waals surface area contributed by atoms with Crippen LogP contribution in [-0.4, -0.2) is 17.7 Å². The third kappa shape index (κ3) is 3.32. The van der Waals surface area contributed by atoms with Gasteiger partial charge in [0, 0.05) is 6.61 Å². The van der Waals surface area contributed by atoms with Crippen LogP contribution in [0.15, 0.2) is 24.3 Å². The number of carboxylic acid groups (broad SMARTS) is 1. The zero-order valence-corrected chi connectivity index (χ0v) is 8.44. The third-order valence-electron chi connectivity index (χ3n) is 1.89. The molecule has 0 saturated carbocycles. The summed E-state index contributed by atoms with van der Waals surface area (Å²) in [6.07, 6.45) is -0.268. The minimum absolute atomic E-state index is 0.369. The van der Waals surface area contributed by atoms with E-state index in [0.717, 1.165) is 6.42 Å². The SMILES string of the molecule is CCCOC(C(=O)O)c1ccc(F)cc1. The zero-order valence-electron chi connectivity index (χ0n) is 8.44. The molecule has 0 saturated heterocycles. The topological polar surface area (TPSA) is 46.5 Å². The summed E-state index contributed by atoms with van der Waals surface area (Å²) in [5, 5.41) is 8.90. The number of hydrogen-bond donors (Lipinski definition) is 1. The van der Waals surface area contributed by atoms with E-state index in [9.17, 15) is 9.18 Å². The maximum absolute atomic E-state index is 12.6. The van der Waals surface area contributed by atoms with Crippen LogP contribution in [0.5, 0.6) is 0 Å². The molecule has 0 spiro atoms. The zero-order chi connectivity index (χ0) is 11.3. The second kappa shape index (κ2) is 5.46. The minimum atomic E-state index is -1.06. The second-order valence-corrected chi connectivity index (χ2v) is 3.14. The predicted octanol–water partition coefficient (Wildman–Crippen LogP) is 2.38. The Morgan fingerprint density at radius 3 is 2.53 bits per heavy atom. The van der Waals surface area contributed by atoms with Crippen molar-refractivity contribution in [3.05, 3.63) is 35.6 Å². The van der Waals surface area contributed by atoms with Crippen molar-refractivity contribution in [3.8, 4) is 0 Å². The van der Waals surface area contributed by atoms with Gasteiger partial charge >= 0.3 is 5.97 Å². The lowest BCUT2D eigenvalue weighted by atomic mass is 10.1. The van der Waals surface area contributed by atoms with Crippen LogP contribution in [0, 0.1) is 5.82 Å². The first kappa shape index (κ1) is 11.7. The normalized spacial score (nSPS) is 12.4. The van der Waals surface area contributed by atoms with Crippen LogP contribution in [0.3, 0.4) is 0 Å². The van der Waals surface area contributed by atoms with Gasteiger partial charge in [0.1, 0.15) is 5.82 Å². The summed E-state index contributed by atoms with van der Waals surface area (Å²) in [5.74, 6) is -1.45. The number of aliphatic carboxylic acids is 1. The van der Waals surface area contributed by atoms with Gasteiger partial charge in [-0.1, -0.05) is 19.1 Å². The van der Waals surface area contributed by atoms with E-state index in [-0.39, 0.29) is 0 Å². The van der Waals surface area contributed by atoms with Gasteiger partial charge in [-0.3, -0.25) is 0 Å². The molecule has 15 heavy (non-hydrogen) atoms. The van der Waals surface area contributed by atoms with Gasteiger partial charge in [0.15, 0.2) is 6.10 Å². The van der Waals surface area contributed by atoms with Crippen LogP contribution in [0.1, 0.15) is 25.0 Å². The number of halogens is 1. The highest BCUT2D eigenvalue weighted by atomic mass is 19.1. The van der Waals surface area contributed by atoms with Crippen LogP contribution in [0.25, 0.3) is 0 Å². The highest BCUT2D eigenvalue weighted by molar-refractivity contribution is 5.74. The molecule has 0 aliphatic rings. The van der Waals surface area contributed by atoms with Gasteiger partial charge < -0.3 is 9.84 Å². The monoisotopic (exact) mass is 212 g/mol. The molecule has 1 N–H and O–H groups in total. The molecule has 0 aliphatic carbocycles. The minimum Gasteiger partial charge on any atom is -0.479 e. The molecule has 0 radical (unpaired) electrons. The highest BCUT2D eigenvalue weighted by Crippen LogP contribution is 2.18. The number of ether oxygens (including phenoxy) is 1. The smallest absolute Gasteiger partial charge is 0.337 e. The number of hydrogen-bond acceptors (Lipinski definition) is 2. The maximum Gasteiger partial charge on any atom is 0.337 e. The lowest BCUT2D eigenvalue weighted by Crippen LogP contribution is -2.15. The van der Waals surface area contributed by atoms with Gasteiger partial charge in [-0.15, -0.1) is 0 Å². The maximum atomic E-state index is 12.6. The van der Waals surface area contributed by atoms with Crippen molar-refractivity contribution in [2.24, 2.45) is 0 Å². The average molecular weight is 212 g/mol. The Labute approximate surface area is 87.5 Å². The molecule has 1 aromatic carbocycles. The van der Waals surface area contributed by atoms with Gasteiger partial charge in [-0.25, -0.2) is 9.18 Å². The molecule has 1 unspecified atom stereocenters. The molecular formula is C11H13FO3. The van der Waals surface area contributed by atoms with Crippen LogP contribution < -0.4 is 0 Å². The molecule has 3 nitrogen and oxygen atoms in total. The van der Waals surface area contributed by atoms with Gasteiger partial charge in [-0.2, -0.15) is 0 Å². The molecule has 0 aliphatic heterocycles. The van der Waals surface area contributed by atoms with E-state index >= 15 is 0 Å². The quantitative estimate of drug-likeness (QED) is 0.815. The van der Waals surface area contributed by atoms with Crippen molar-refractivity contribution in [2.45, 2.75) is 19.4 Å². The van der Waals surface area contributed by atoms with Crippen LogP contribution in [0.4, 0.5) is 4.39 Å². The first-order valence-electron chi connectivity index (χ1n) is 4.75. The summed E-state index contributed by atoms with van der Waals surface area (Å²) in [6, 6.07) is 5.29. The van der Waals surface area contributed by atoms with E-state index in [1.54, 1.807) is 0 Å². The van der Waals surface area contributed by atoms with E-state index in [4.69, 9.17) is 9.84 Å². The van der Waals surface area contributed by atoms with E-state index in [0.29, 0.717) is 12.2 Å². The molecule has 1 aromatic rings. The number of carbonyl (C=O) groups is 1. The van der Waals surface area contributed by atoms with Crippen molar-refractivity contribution in [1.29, 1.82) is 0 Å². The summed E-state index contributed by atoms with van der Waals surface area (Å²) in [7, 11) is 0. The van der Waals surface area contributed by atoms with E-state index in [1.165, 1.54) is 24.3 Å². The van der Waals surface area contributed by atoms with Crippen LogP contribution in [-0.2, 0) is 9.53 Å². The molecule has 0 bridgehead atoms. The lowest BCUT2D eigenvalue weighted by molar-refractivity contribution is -0.150. The van der Waals surface area contributed by atoms with Crippen molar-refractivity contribution in [1.82, 2.24) is 0 Å². The Balaban J connectivity index is 2.79. The molecule has 0 heterocycles. The number of benzene rings is 1. The molecule has 0 fully saturated rings. The summed E-state index contributed by atoms with van der Waals surface area (Å²) in [5.41, 5.74) is 0.456. The number of rotatable bonds is 5. The Morgan fingerprint density at radius 2 is 2.07 bits per heavy atom. The number of carboxylic acids is 1. The predicted molar refractivity (Wildman–Crippen MR) is 53.0 cm³/mol. The molecular weight excluding hydrogens is 199 g/mol. The van der Waals surface area contributed by atoms with Crippen molar-refractivity contribution < 1.29 is 19.0 Å². The summed E-state index contributed by atoms with van der Waals surface area (Å²) >= 11 is 0. The fraction of sp³-hybridized carbons (Fsp3) is 0.364. The second-order valence-electron chi connectivity index (χ2n) is 3.14. The van der Waals surface area contributed by atoms with Crippen molar-refractivity contribution >= 4 is 5.97 Å². The highest BCUT2D eigenvalue weighted by Gasteiger charge is 2.19. The van der Waals surface area contributed by atoms with Gasteiger partial charge in [0.2, 0.25) is 0 Å². The van der Waals surface area contributed by atoms with E-state index in [1.807, 2.05) is 6.92 Å². The van der Waals surface area contributed by atoms with E-state index in [2.05, 4.69) is 0 Å². The first-order chi connectivity index (χ1) is 7.15. The lowest BCUT2D eigenvalue weighted by Gasteiger charge is -2.13. The van der Waals surface area contributed by atoms with Crippen molar-refractivity contribution in [3.63, 3.8) is 0 Å². The molecule has 0 amide bonds. The van der Waals surface area contributed by atoms with Crippen LogP contribution >= 0.6 is 0 Å². The molecule has 1 atom stereocenters. The third-order valence-corrected chi connectivity index (χ3v) is 1.89. The van der Waals surface area contributed by atoms with Crippen LogP contribution in [0.2, 0.25) is 0 Å². The molecule has 0 aromatic heterocycles. The fourth-order valence-electron chi connectivity index (χ4n) is 1.18. The standard InChI is InChI=1S/C11H13FO3/c1-2-7-15-10(11(13)14)8-3-5-9(12)6-4-8/h3-6,10H,2,7H2,1H3,(H,13,14). The summed E-state index contributed by atoms with van der Waals surface area (Å²) in [4.78, 5) is 10.9. The molecule has 4 heteroatoms. The van der Waals surface area contributed by atoms with Gasteiger partial charge in [-0.05, 0) is 24.1 Å². The van der Waals surface area contributed by atoms with Gasteiger partial charge in [0.05, 0.1) is 0 Å². The van der Waals surface area contributed by atoms with Gasteiger partial charge in [0.25, 0.3) is 0 Å². The first-order valence-corrected chi connectivity index (χ1v) is 4.75. The Morgan fingerprint density at radius 1 is 1.47 bits per heavy atom. The largest absolute Gasteiger partial charge is 0.479 e. The molecule has 82 valence electrons. The Hall–Kier alpha value is -1.42. The fourth-order valence-corrected chi connectivity index (χ4v) is 1.18. The molecule has 1 rings (SSSR count). The average Bonchev–Trinajstić information content (AvgIpc) is 2.21. The van der Waals surface area contributed by atoms with E-state index < -0.39 is 17.9 Å².